The summed E-state index contributed by atoms with van der Waals surface area (Å²) in [6.07, 6.45) is 6.19. The van der Waals surface area contributed by atoms with Gasteiger partial charge in [-0.1, -0.05) is 6.07 Å². The summed E-state index contributed by atoms with van der Waals surface area (Å²) in [5, 5.41) is 6.36. The van der Waals surface area contributed by atoms with Crippen LogP contribution in [0, 0.1) is 0 Å². The number of nitrogens with one attached hydrogen (secondary N) is 2. The fraction of sp³-hybridized carbons (Fsp3) is 0.333. The van der Waals surface area contributed by atoms with Gasteiger partial charge in [0.05, 0.1) is 6.20 Å². The van der Waals surface area contributed by atoms with Gasteiger partial charge in [-0.25, -0.2) is 9.97 Å². The van der Waals surface area contributed by atoms with Crippen LogP contribution < -0.4 is 10.6 Å². The predicted molar refractivity (Wildman–Crippen MR) is 110 cm³/mol. The lowest BCUT2D eigenvalue weighted by atomic mass is 9.91. The van der Waals surface area contributed by atoms with Crippen molar-refractivity contribution in [1.82, 2.24) is 29.1 Å². The fourth-order valence-corrected chi connectivity index (χ4v) is 4.07. The number of nitrogens with zero attached hydrogens (tertiary/aromatic N) is 5. The maximum atomic E-state index is 13.0. The number of hydrogen-bond acceptors (Lipinski definition) is 5. The molecule has 0 unspecified atom stereocenters. The highest BCUT2D eigenvalue weighted by atomic mass is 19.4. The topological polar surface area (TPSA) is 88.6 Å². The summed E-state index contributed by atoms with van der Waals surface area (Å²) in [7, 11) is 0. The largest absolute Gasteiger partial charge is 0.434 e. The minimum Gasteiger partial charge on any atom is -0.368 e. The molecule has 166 valence electrons. The van der Waals surface area contributed by atoms with E-state index in [1.807, 2.05) is 0 Å². The number of halogens is 3. The summed E-state index contributed by atoms with van der Waals surface area (Å²) in [5.74, 6) is 0.337. The molecule has 1 aliphatic carbocycles. The molecule has 4 aromatic heterocycles. The summed E-state index contributed by atoms with van der Waals surface area (Å²) in [6, 6.07) is 5.07. The molecule has 0 bridgehead atoms. The van der Waals surface area contributed by atoms with Gasteiger partial charge in [-0.05, 0) is 37.8 Å². The Labute approximate surface area is 180 Å². The first-order valence-corrected chi connectivity index (χ1v) is 10.3. The lowest BCUT2D eigenvalue weighted by molar-refractivity contribution is -0.140. The minimum absolute atomic E-state index is 0.0179. The number of carbonyl (C=O) groups excluding carboxylic acids is 1. The lowest BCUT2D eigenvalue weighted by Gasteiger charge is -2.30. The van der Waals surface area contributed by atoms with E-state index in [-0.39, 0.29) is 23.6 Å². The van der Waals surface area contributed by atoms with Crippen LogP contribution in [0.2, 0.25) is 0 Å². The van der Waals surface area contributed by atoms with Crippen LogP contribution in [0.25, 0.3) is 11.3 Å². The summed E-state index contributed by atoms with van der Waals surface area (Å²) in [5.41, 5.74) is 0.269. The van der Waals surface area contributed by atoms with Gasteiger partial charge < -0.3 is 15.0 Å². The monoisotopic (exact) mass is 443 g/mol. The molecule has 1 aliphatic rings. The summed E-state index contributed by atoms with van der Waals surface area (Å²) in [6.45, 7) is 0. The van der Waals surface area contributed by atoms with Gasteiger partial charge in [0.2, 0.25) is 0 Å². The van der Waals surface area contributed by atoms with Crippen molar-refractivity contribution >= 4 is 23.0 Å². The normalized spacial score (nSPS) is 19.3. The summed E-state index contributed by atoms with van der Waals surface area (Å²) < 4.78 is 42.2. The summed E-state index contributed by atoms with van der Waals surface area (Å²) >= 11 is 0. The van der Waals surface area contributed by atoms with Crippen molar-refractivity contribution in [2.75, 3.05) is 5.32 Å². The number of alkyl halides is 3. The molecule has 11 heteroatoms. The Bertz CT molecular complexity index is 1240. The SMILES string of the molecule is O=C(N[C@H]1CC[C@@H](Nc2cccc3nc(C(F)(F)F)cn23)CC1)c1cn2ccncc2n1. The molecule has 1 fully saturated rings. The number of pyridine rings is 1. The molecule has 0 atom stereocenters. The molecular formula is C21H20F3N7O. The van der Waals surface area contributed by atoms with Gasteiger partial charge in [0.1, 0.15) is 17.2 Å². The quantitative estimate of drug-likeness (QED) is 0.504. The van der Waals surface area contributed by atoms with Gasteiger partial charge in [0.15, 0.2) is 11.3 Å². The maximum Gasteiger partial charge on any atom is 0.434 e. The van der Waals surface area contributed by atoms with E-state index in [0.29, 0.717) is 17.2 Å². The smallest absolute Gasteiger partial charge is 0.368 e. The van der Waals surface area contributed by atoms with Gasteiger partial charge in [0, 0.05) is 36.9 Å². The van der Waals surface area contributed by atoms with E-state index in [9.17, 15) is 18.0 Å². The zero-order valence-corrected chi connectivity index (χ0v) is 16.9. The average molecular weight is 443 g/mol. The first-order chi connectivity index (χ1) is 15.4. The average Bonchev–Trinajstić information content (AvgIpc) is 3.40. The van der Waals surface area contributed by atoms with Crippen LogP contribution in [-0.4, -0.2) is 41.7 Å². The van der Waals surface area contributed by atoms with Crippen molar-refractivity contribution < 1.29 is 18.0 Å². The molecule has 32 heavy (non-hydrogen) atoms. The number of anilines is 1. The van der Waals surface area contributed by atoms with Crippen LogP contribution in [0.3, 0.4) is 0 Å². The van der Waals surface area contributed by atoms with E-state index in [0.717, 1.165) is 31.9 Å². The van der Waals surface area contributed by atoms with Gasteiger partial charge in [0.25, 0.3) is 5.91 Å². The second-order valence-corrected chi connectivity index (χ2v) is 7.90. The van der Waals surface area contributed by atoms with Gasteiger partial charge in [-0.3, -0.25) is 14.2 Å². The molecule has 4 aromatic rings. The molecule has 4 heterocycles. The molecular weight excluding hydrogens is 423 g/mol. The van der Waals surface area contributed by atoms with Crippen LogP contribution in [-0.2, 0) is 6.18 Å². The number of aromatic nitrogens is 5. The van der Waals surface area contributed by atoms with Crippen molar-refractivity contribution in [2.45, 2.75) is 43.9 Å². The molecule has 0 spiro atoms. The highest BCUT2D eigenvalue weighted by molar-refractivity contribution is 5.93. The second kappa shape index (κ2) is 7.81. The lowest BCUT2D eigenvalue weighted by Crippen LogP contribution is -2.40. The number of fused-ring (bicyclic) bond motifs is 2. The van der Waals surface area contributed by atoms with Crippen LogP contribution in [0.5, 0.6) is 0 Å². The second-order valence-electron chi connectivity index (χ2n) is 7.90. The fourth-order valence-electron chi connectivity index (χ4n) is 4.07. The molecule has 2 N–H and O–H groups in total. The highest BCUT2D eigenvalue weighted by Gasteiger charge is 2.34. The number of rotatable bonds is 4. The third kappa shape index (κ3) is 3.97. The molecule has 8 nitrogen and oxygen atoms in total. The first kappa shape index (κ1) is 20.3. The molecule has 1 saturated carbocycles. The molecule has 0 saturated heterocycles. The predicted octanol–water partition coefficient (Wildman–Crippen LogP) is 3.55. The number of carbonyl (C=O) groups is 1. The van der Waals surface area contributed by atoms with Crippen LogP contribution in [0.4, 0.5) is 19.0 Å². The molecule has 0 aromatic carbocycles. The van der Waals surface area contributed by atoms with E-state index < -0.39 is 11.9 Å². The van der Waals surface area contributed by atoms with E-state index in [2.05, 4.69) is 25.6 Å². The highest BCUT2D eigenvalue weighted by Crippen LogP contribution is 2.30. The summed E-state index contributed by atoms with van der Waals surface area (Å²) in [4.78, 5) is 24.5. The van der Waals surface area contributed by atoms with Crippen LogP contribution >= 0.6 is 0 Å². The van der Waals surface area contributed by atoms with Crippen LogP contribution in [0.1, 0.15) is 41.9 Å². The Morgan fingerprint density at radius 3 is 2.56 bits per heavy atom. The van der Waals surface area contributed by atoms with E-state index >= 15 is 0 Å². The molecule has 0 aliphatic heterocycles. The molecule has 1 amide bonds. The zero-order chi connectivity index (χ0) is 22.3. The third-order valence-electron chi connectivity index (χ3n) is 5.69. The van der Waals surface area contributed by atoms with Gasteiger partial charge in [-0.2, -0.15) is 13.2 Å². The molecule has 0 radical (unpaired) electrons. The minimum atomic E-state index is -4.49. The first-order valence-electron chi connectivity index (χ1n) is 10.3. The number of amides is 1. The Balaban J connectivity index is 1.21. The van der Waals surface area contributed by atoms with Crippen molar-refractivity contribution in [3.63, 3.8) is 0 Å². The standard InChI is InChI=1S/C21H20F3N7O/c22-21(23,24)16-12-31-17(2-1-3-18(31)29-16)26-13-4-6-14(7-5-13)27-20(32)15-11-30-9-8-25-10-19(30)28-15/h1-3,8-14,26H,4-7H2,(H,27,32)/t13-,14+. The Hall–Kier alpha value is -3.63. The van der Waals surface area contributed by atoms with Crippen molar-refractivity contribution in [1.29, 1.82) is 0 Å². The van der Waals surface area contributed by atoms with Crippen molar-refractivity contribution in [2.24, 2.45) is 0 Å². The van der Waals surface area contributed by atoms with Gasteiger partial charge >= 0.3 is 6.18 Å². The number of hydrogen-bond donors (Lipinski definition) is 2. The van der Waals surface area contributed by atoms with Crippen molar-refractivity contribution in [3.8, 4) is 0 Å². The zero-order valence-electron chi connectivity index (χ0n) is 16.9. The Morgan fingerprint density at radius 2 is 1.81 bits per heavy atom. The van der Waals surface area contributed by atoms with E-state index in [4.69, 9.17) is 0 Å². The van der Waals surface area contributed by atoms with Crippen molar-refractivity contribution in [3.05, 3.63) is 60.6 Å². The third-order valence-corrected chi connectivity index (χ3v) is 5.69. The van der Waals surface area contributed by atoms with E-state index in [1.54, 1.807) is 47.4 Å². The number of imidazole rings is 2. The Morgan fingerprint density at radius 1 is 1.03 bits per heavy atom. The van der Waals surface area contributed by atoms with Gasteiger partial charge in [-0.15, -0.1) is 0 Å². The Kier molecular flexibility index (Phi) is 4.95. The van der Waals surface area contributed by atoms with Crippen LogP contribution in [0.15, 0.2) is 49.2 Å². The molecule has 5 rings (SSSR count). The van der Waals surface area contributed by atoms with E-state index in [1.165, 1.54) is 4.40 Å². The maximum absolute atomic E-state index is 13.0.